The highest BCUT2D eigenvalue weighted by molar-refractivity contribution is 9.08. The summed E-state index contributed by atoms with van der Waals surface area (Å²) in [6.45, 7) is 2.20. The van der Waals surface area contributed by atoms with Gasteiger partial charge in [0.15, 0.2) is 0 Å². The van der Waals surface area contributed by atoms with E-state index in [9.17, 15) is 9.59 Å². The molecule has 0 saturated heterocycles. The number of nitrogens with zero attached hydrogens (tertiary/aromatic N) is 1. The lowest BCUT2D eigenvalue weighted by Crippen LogP contribution is -2.27. The average molecular weight is 477 g/mol. The number of alkyl halides is 1. The lowest BCUT2D eigenvalue weighted by atomic mass is 10.0. The Balaban J connectivity index is 0.000000254. The largest absolute Gasteiger partial charge is 0.366 e. The third kappa shape index (κ3) is 5.12. The zero-order valence-corrected chi connectivity index (χ0v) is 19.0. The minimum Gasteiger partial charge on any atom is -0.366 e. The Hall–Kier alpha value is -3.18. The van der Waals surface area contributed by atoms with Crippen molar-refractivity contribution in [3.05, 3.63) is 112 Å². The number of fused-ring (bicyclic) bond motifs is 1. The predicted molar refractivity (Wildman–Crippen MR) is 131 cm³/mol. The van der Waals surface area contributed by atoms with Crippen LogP contribution in [0.4, 0.5) is 0 Å². The van der Waals surface area contributed by atoms with Gasteiger partial charge in [0.1, 0.15) is 0 Å². The minimum absolute atomic E-state index is 0.166. The Morgan fingerprint density at radius 1 is 0.871 bits per heavy atom. The fourth-order valence-electron chi connectivity index (χ4n) is 3.58. The maximum absolute atomic E-state index is 12.9. The number of carbonyl (C=O) groups is 1. The molecule has 2 N–H and O–H groups in total. The van der Waals surface area contributed by atoms with Crippen molar-refractivity contribution in [2.24, 2.45) is 5.73 Å². The van der Waals surface area contributed by atoms with E-state index in [1.54, 1.807) is 24.3 Å². The summed E-state index contributed by atoms with van der Waals surface area (Å²) in [5.41, 5.74) is 8.49. The highest BCUT2D eigenvalue weighted by atomic mass is 79.9. The molecule has 0 aliphatic carbocycles. The first-order valence-electron chi connectivity index (χ1n) is 10.2. The number of para-hydroxylation sites is 1. The number of benzene rings is 3. The Morgan fingerprint density at radius 3 is 1.97 bits per heavy atom. The molecule has 1 aromatic heterocycles. The van der Waals surface area contributed by atoms with E-state index in [4.69, 9.17) is 5.73 Å². The van der Waals surface area contributed by atoms with Crippen molar-refractivity contribution in [3.63, 3.8) is 0 Å². The van der Waals surface area contributed by atoms with Crippen LogP contribution in [-0.2, 0) is 11.8 Å². The van der Waals surface area contributed by atoms with E-state index in [2.05, 4.69) is 53.2 Å². The first-order valence-corrected chi connectivity index (χ1v) is 11.3. The van der Waals surface area contributed by atoms with Crippen molar-refractivity contribution < 1.29 is 4.79 Å². The predicted octanol–water partition coefficient (Wildman–Crippen LogP) is 5.62. The molecule has 5 heteroatoms. The van der Waals surface area contributed by atoms with Gasteiger partial charge in [0.05, 0.1) is 11.3 Å². The van der Waals surface area contributed by atoms with Crippen molar-refractivity contribution in [2.45, 2.75) is 25.1 Å². The van der Waals surface area contributed by atoms with Gasteiger partial charge < -0.3 is 5.73 Å². The molecule has 0 atom stereocenters. The number of hydrogen-bond donors (Lipinski definition) is 1. The summed E-state index contributed by atoms with van der Waals surface area (Å²) in [6, 6.07) is 26.8. The number of rotatable bonds is 5. The zero-order valence-electron chi connectivity index (χ0n) is 17.4. The molecule has 0 aliphatic rings. The second-order valence-electron chi connectivity index (χ2n) is 7.08. The molecular weight excluding hydrogens is 452 g/mol. The molecule has 4 rings (SSSR count). The fraction of sp³-hybridized carbons (Fsp3) is 0.154. The SMILES string of the molecule is CCCc1ccccc1.NC(=O)c1c(CBr)n(-c2ccccc2)c(=O)c2ccccc12. The average Bonchev–Trinajstić information content (AvgIpc) is 2.80. The van der Waals surface area contributed by atoms with Crippen LogP contribution in [0.3, 0.4) is 0 Å². The van der Waals surface area contributed by atoms with Gasteiger partial charge in [-0.3, -0.25) is 14.2 Å². The Kier molecular flexibility index (Phi) is 7.79. The van der Waals surface area contributed by atoms with Gasteiger partial charge in [-0.1, -0.05) is 96.0 Å². The number of hydrogen-bond acceptors (Lipinski definition) is 2. The van der Waals surface area contributed by atoms with Crippen LogP contribution in [0.1, 0.15) is 35.0 Å². The van der Waals surface area contributed by atoms with Gasteiger partial charge in [0.2, 0.25) is 0 Å². The third-order valence-corrected chi connectivity index (χ3v) is 5.49. The van der Waals surface area contributed by atoms with Crippen LogP contribution in [0.5, 0.6) is 0 Å². The molecule has 0 unspecified atom stereocenters. The summed E-state index contributed by atoms with van der Waals surface area (Å²) in [5, 5.41) is 1.41. The number of halogens is 1. The summed E-state index contributed by atoms with van der Waals surface area (Å²) in [7, 11) is 0. The van der Waals surface area contributed by atoms with Crippen molar-refractivity contribution in [1.82, 2.24) is 4.57 Å². The molecule has 1 amide bonds. The summed E-state index contributed by atoms with van der Waals surface area (Å²) in [4.78, 5) is 24.8. The number of aryl methyl sites for hydroxylation is 1. The molecule has 0 radical (unpaired) electrons. The van der Waals surface area contributed by atoms with Gasteiger partial charge in [-0.25, -0.2) is 0 Å². The Morgan fingerprint density at radius 2 is 1.42 bits per heavy atom. The monoisotopic (exact) mass is 476 g/mol. The highest BCUT2D eigenvalue weighted by Crippen LogP contribution is 2.23. The fourth-order valence-corrected chi connectivity index (χ4v) is 4.11. The number of carbonyl (C=O) groups excluding carboxylic acids is 1. The number of pyridine rings is 1. The van der Waals surface area contributed by atoms with Crippen molar-refractivity contribution in [3.8, 4) is 5.69 Å². The molecular formula is C26H25BrN2O2. The van der Waals surface area contributed by atoms with Crippen LogP contribution in [0, 0.1) is 0 Å². The van der Waals surface area contributed by atoms with Crippen LogP contribution < -0.4 is 11.3 Å². The quantitative estimate of drug-likeness (QED) is 0.379. The molecule has 0 spiro atoms. The molecule has 0 aliphatic heterocycles. The van der Waals surface area contributed by atoms with E-state index < -0.39 is 5.91 Å². The van der Waals surface area contributed by atoms with Gasteiger partial charge in [-0.05, 0) is 30.2 Å². The number of aromatic nitrogens is 1. The first-order chi connectivity index (χ1) is 15.1. The zero-order chi connectivity index (χ0) is 22.2. The van der Waals surface area contributed by atoms with Gasteiger partial charge in [-0.2, -0.15) is 0 Å². The molecule has 1 heterocycles. The summed E-state index contributed by atoms with van der Waals surface area (Å²) in [6.07, 6.45) is 2.45. The third-order valence-electron chi connectivity index (χ3n) is 4.96. The lowest BCUT2D eigenvalue weighted by molar-refractivity contribution is 0.100. The number of primary amides is 1. The molecule has 4 nitrogen and oxygen atoms in total. The molecule has 158 valence electrons. The van der Waals surface area contributed by atoms with Crippen molar-refractivity contribution >= 4 is 32.6 Å². The van der Waals surface area contributed by atoms with Gasteiger partial charge in [-0.15, -0.1) is 0 Å². The van der Waals surface area contributed by atoms with E-state index in [0.717, 1.165) is 0 Å². The van der Waals surface area contributed by atoms with Crippen LogP contribution in [0.25, 0.3) is 16.5 Å². The van der Waals surface area contributed by atoms with E-state index in [0.29, 0.717) is 33.0 Å². The van der Waals surface area contributed by atoms with Gasteiger partial charge in [0.25, 0.3) is 11.5 Å². The Bertz CT molecular complexity index is 1220. The Labute approximate surface area is 190 Å². The first kappa shape index (κ1) is 22.5. The molecule has 0 fully saturated rings. The topological polar surface area (TPSA) is 65.1 Å². The van der Waals surface area contributed by atoms with Gasteiger partial charge in [0, 0.05) is 21.8 Å². The normalized spacial score (nSPS) is 10.4. The summed E-state index contributed by atoms with van der Waals surface area (Å²) < 4.78 is 1.54. The molecule has 31 heavy (non-hydrogen) atoms. The standard InChI is InChI=1S/C17H13BrN2O2.C9H12/c18-10-14-15(16(19)21)12-8-4-5-9-13(12)17(22)20(14)11-6-2-1-3-7-11;1-2-6-9-7-4-3-5-8-9/h1-9H,10H2,(H2,19,21);3-5,7-8H,2,6H2,1H3. The minimum atomic E-state index is -0.546. The smallest absolute Gasteiger partial charge is 0.263 e. The van der Waals surface area contributed by atoms with Gasteiger partial charge >= 0.3 is 0 Å². The van der Waals surface area contributed by atoms with Crippen LogP contribution in [-0.4, -0.2) is 10.5 Å². The second-order valence-corrected chi connectivity index (χ2v) is 7.64. The maximum Gasteiger partial charge on any atom is 0.263 e. The molecule has 0 saturated carbocycles. The molecule has 3 aromatic carbocycles. The summed E-state index contributed by atoms with van der Waals surface area (Å²) in [5.74, 6) is -0.546. The van der Waals surface area contributed by atoms with Crippen LogP contribution in [0.15, 0.2) is 89.7 Å². The van der Waals surface area contributed by atoms with E-state index in [1.165, 1.54) is 23.0 Å². The maximum atomic E-state index is 12.9. The van der Waals surface area contributed by atoms with E-state index in [1.807, 2.05) is 30.3 Å². The second kappa shape index (κ2) is 10.7. The lowest BCUT2D eigenvalue weighted by Gasteiger charge is -2.16. The van der Waals surface area contributed by atoms with E-state index in [-0.39, 0.29) is 5.56 Å². The van der Waals surface area contributed by atoms with Crippen LogP contribution >= 0.6 is 15.9 Å². The van der Waals surface area contributed by atoms with Crippen LogP contribution in [0.2, 0.25) is 0 Å². The van der Waals surface area contributed by atoms with Crippen molar-refractivity contribution in [2.75, 3.05) is 0 Å². The molecule has 4 aromatic rings. The van der Waals surface area contributed by atoms with Crippen molar-refractivity contribution in [1.29, 1.82) is 0 Å². The highest BCUT2D eigenvalue weighted by Gasteiger charge is 2.20. The number of amides is 1. The molecule has 0 bridgehead atoms. The summed E-state index contributed by atoms with van der Waals surface area (Å²) >= 11 is 3.38. The van der Waals surface area contributed by atoms with E-state index >= 15 is 0 Å². The number of nitrogens with two attached hydrogens (primary N) is 1.